The van der Waals surface area contributed by atoms with Gasteiger partial charge in [0.15, 0.2) is 0 Å². The molecule has 2 amide bonds. The zero-order valence-electron chi connectivity index (χ0n) is 31.7. The topological polar surface area (TPSA) is 247 Å². The number of anilines is 2. The van der Waals surface area contributed by atoms with E-state index in [9.17, 15) is 34.0 Å². The molecular formula is C32H44N12O9S2. The number of rotatable bonds is 8. The van der Waals surface area contributed by atoms with Crippen LogP contribution in [0.15, 0.2) is 34.6 Å². The van der Waals surface area contributed by atoms with E-state index in [0.29, 0.717) is 49.3 Å². The third kappa shape index (κ3) is 10.1. The lowest BCUT2D eigenvalue weighted by atomic mass is 10.2. The van der Waals surface area contributed by atoms with Crippen LogP contribution in [0.1, 0.15) is 54.4 Å². The largest absolute Gasteiger partial charge is 0.444 e. The minimum Gasteiger partial charge on any atom is -0.444 e. The average Bonchev–Trinajstić information content (AvgIpc) is 3.88. The summed E-state index contributed by atoms with van der Waals surface area (Å²) < 4.78 is 25.4. The number of carbonyl (C=O) groups is 2. The highest BCUT2D eigenvalue weighted by atomic mass is 32.2. The molecule has 4 aromatic heterocycles. The van der Waals surface area contributed by atoms with Gasteiger partial charge in [0.1, 0.15) is 45.3 Å². The standard InChI is InChI=1S/C16H22N6O5S.C16H22N6O4S/c1-16(2,3)27-15(23)18-10-5-6-20(9-10)12-7-13(28(4)26)21-14(19-12)11(8-17-21)22(24)25;1-16(2,3)26-15(23)18-10-5-6-20(9-10)12-7-13(27-4)21-14(19-12)11(8-17-21)22(24)25/h7-8,10H,5-6,9H2,1-4H3,(H,18,23);7-8,10H,5-6,9H2,1-4H3,(H,18,23)/t10-,28?;10-/m00/s1. The number of nitrogens with one attached hydrogen (secondary N) is 2. The molecule has 2 aliphatic rings. The van der Waals surface area contributed by atoms with Gasteiger partial charge >= 0.3 is 23.6 Å². The second-order valence-corrected chi connectivity index (χ2v) is 16.9. The molecule has 0 aliphatic carbocycles. The molecular weight excluding hydrogens is 761 g/mol. The van der Waals surface area contributed by atoms with Gasteiger partial charge in [0.25, 0.3) is 0 Å². The van der Waals surface area contributed by atoms with Gasteiger partial charge in [0.05, 0.1) is 32.7 Å². The lowest BCUT2D eigenvalue weighted by Crippen LogP contribution is -2.40. The van der Waals surface area contributed by atoms with E-state index in [1.807, 2.05) is 42.9 Å². The highest BCUT2D eigenvalue weighted by molar-refractivity contribution is 7.98. The molecule has 1 unspecified atom stereocenters. The SMILES string of the molecule is CS(=O)c1cc(N2CC[C@H](NC(=O)OC(C)(C)C)C2)nc2c([N+](=O)[O-])cnn12.CSc1cc(N2CC[C@H](NC(=O)OC(C)(C)C)C2)nc2c([N+](=O)[O-])cnn12. The van der Waals surface area contributed by atoms with Gasteiger partial charge in [-0.25, -0.2) is 24.1 Å². The predicted molar refractivity (Wildman–Crippen MR) is 203 cm³/mol. The molecule has 23 heteroatoms. The number of nitro groups is 2. The molecule has 3 atom stereocenters. The molecule has 21 nitrogen and oxygen atoms in total. The maximum atomic E-state index is 12.1. The maximum absolute atomic E-state index is 12.1. The number of hydrogen-bond donors (Lipinski definition) is 2. The Morgan fingerprint density at radius 2 is 1.25 bits per heavy atom. The molecule has 2 saturated heterocycles. The van der Waals surface area contributed by atoms with Crippen molar-refractivity contribution in [3.05, 3.63) is 44.8 Å². The highest BCUT2D eigenvalue weighted by Crippen LogP contribution is 2.29. The van der Waals surface area contributed by atoms with Crippen LogP contribution in [-0.2, 0) is 20.3 Å². The quantitative estimate of drug-likeness (QED) is 0.111. The van der Waals surface area contributed by atoms with Crippen LogP contribution in [-0.4, -0.2) is 117 Å². The average molecular weight is 805 g/mol. The van der Waals surface area contributed by atoms with Gasteiger partial charge in [0.2, 0.25) is 11.3 Å². The van der Waals surface area contributed by atoms with Gasteiger partial charge in [-0.15, -0.1) is 11.8 Å². The van der Waals surface area contributed by atoms with Gasteiger partial charge in [0, 0.05) is 44.6 Å². The summed E-state index contributed by atoms with van der Waals surface area (Å²) in [6.07, 6.45) is 6.12. The number of alkyl carbamates (subject to hydrolysis) is 2. The molecule has 0 radical (unpaired) electrons. The molecule has 298 valence electrons. The summed E-state index contributed by atoms with van der Waals surface area (Å²) in [5.41, 5.74) is -1.27. The molecule has 0 bridgehead atoms. The summed E-state index contributed by atoms with van der Waals surface area (Å²) in [6, 6.07) is 3.23. The van der Waals surface area contributed by atoms with Crippen molar-refractivity contribution in [2.24, 2.45) is 0 Å². The van der Waals surface area contributed by atoms with Crippen LogP contribution in [0.4, 0.5) is 32.6 Å². The molecule has 2 N–H and O–H groups in total. The van der Waals surface area contributed by atoms with Crippen molar-refractivity contribution in [1.29, 1.82) is 0 Å². The zero-order chi connectivity index (χ0) is 40.4. The monoisotopic (exact) mass is 804 g/mol. The Morgan fingerprint density at radius 3 is 1.67 bits per heavy atom. The first kappa shape index (κ1) is 40.9. The molecule has 0 spiro atoms. The first-order valence-electron chi connectivity index (χ1n) is 17.2. The number of thioether (sulfide) groups is 1. The third-order valence-electron chi connectivity index (χ3n) is 8.18. The molecule has 55 heavy (non-hydrogen) atoms. The van der Waals surface area contributed by atoms with E-state index in [1.54, 1.807) is 26.8 Å². The highest BCUT2D eigenvalue weighted by Gasteiger charge is 2.31. The summed E-state index contributed by atoms with van der Waals surface area (Å²) in [5.74, 6) is 1.08. The summed E-state index contributed by atoms with van der Waals surface area (Å²) in [7, 11) is -1.42. The third-order valence-corrected chi connectivity index (χ3v) is 9.77. The van der Waals surface area contributed by atoms with Crippen LogP contribution in [0, 0.1) is 20.2 Å². The first-order chi connectivity index (χ1) is 25.7. The molecule has 6 heterocycles. The Morgan fingerprint density at radius 1 is 0.818 bits per heavy atom. The number of fused-ring (bicyclic) bond motifs is 2. The van der Waals surface area contributed by atoms with Crippen molar-refractivity contribution in [1.82, 2.24) is 39.8 Å². The Kier molecular flexibility index (Phi) is 12.0. The van der Waals surface area contributed by atoms with Gasteiger partial charge < -0.3 is 29.9 Å². The number of carbonyl (C=O) groups excluding carboxylic acids is 2. The van der Waals surface area contributed by atoms with E-state index in [-0.39, 0.29) is 34.8 Å². The lowest BCUT2D eigenvalue weighted by molar-refractivity contribution is -0.383. The van der Waals surface area contributed by atoms with Crippen molar-refractivity contribution in [2.75, 3.05) is 48.5 Å². The van der Waals surface area contributed by atoms with Crippen molar-refractivity contribution in [3.63, 3.8) is 0 Å². The molecule has 2 fully saturated rings. The minimum absolute atomic E-state index is 0.0382. The lowest BCUT2D eigenvalue weighted by Gasteiger charge is -2.22. The number of hydrogen-bond acceptors (Lipinski definition) is 16. The van der Waals surface area contributed by atoms with Gasteiger partial charge in [-0.1, -0.05) is 0 Å². The van der Waals surface area contributed by atoms with Gasteiger partial charge in [-0.3, -0.25) is 24.4 Å². The Labute approximate surface area is 322 Å². The Balaban J connectivity index is 0.000000211. The summed E-state index contributed by atoms with van der Waals surface area (Å²) >= 11 is 1.44. The van der Waals surface area contributed by atoms with Crippen LogP contribution in [0.25, 0.3) is 11.3 Å². The molecule has 0 saturated carbocycles. The normalized spacial score (nSPS) is 17.8. The number of amides is 2. The molecule has 6 rings (SSSR count). The van der Waals surface area contributed by atoms with E-state index in [1.165, 1.54) is 33.2 Å². The van der Waals surface area contributed by atoms with E-state index >= 15 is 0 Å². The van der Waals surface area contributed by atoms with Crippen LogP contribution in [0.5, 0.6) is 0 Å². The van der Waals surface area contributed by atoms with Crippen molar-refractivity contribution in [3.8, 4) is 0 Å². The molecule has 4 aromatic rings. The Bertz CT molecular complexity index is 2130. The second-order valence-electron chi connectivity index (χ2n) is 14.8. The fourth-order valence-electron chi connectivity index (χ4n) is 5.88. The summed E-state index contributed by atoms with van der Waals surface area (Å²) in [4.78, 5) is 58.0. The maximum Gasteiger partial charge on any atom is 0.407 e. The zero-order valence-corrected chi connectivity index (χ0v) is 33.3. The fraction of sp³-hybridized carbons (Fsp3) is 0.562. The van der Waals surface area contributed by atoms with Gasteiger partial charge in [-0.05, 0) is 60.6 Å². The van der Waals surface area contributed by atoms with E-state index in [2.05, 4.69) is 30.8 Å². The summed E-state index contributed by atoms with van der Waals surface area (Å²) in [6.45, 7) is 13.1. The minimum atomic E-state index is -1.42. The van der Waals surface area contributed by atoms with E-state index in [0.717, 1.165) is 17.6 Å². The van der Waals surface area contributed by atoms with Crippen molar-refractivity contribution < 1.29 is 33.1 Å². The smallest absolute Gasteiger partial charge is 0.407 e. The Hall–Kier alpha value is -5.32. The van der Waals surface area contributed by atoms with Crippen molar-refractivity contribution >= 4 is 69.1 Å². The van der Waals surface area contributed by atoms with Gasteiger partial charge in [-0.2, -0.15) is 14.7 Å². The first-order valence-corrected chi connectivity index (χ1v) is 19.9. The number of aromatic nitrogens is 6. The van der Waals surface area contributed by atoms with E-state index < -0.39 is 44.0 Å². The number of ether oxygens (including phenoxy) is 2. The predicted octanol–water partition coefficient (Wildman–Crippen LogP) is 3.94. The van der Waals surface area contributed by atoms with Crippen LogP contribution in [0.2, 0.25) is 0 Å². The summed E-state index contributed by atoms with van der Waals surface area (Å²) in [5, 5.41) is 37.2. The van der Waals surface area contributed by atoms with Crippen LogP contribution < -0.4 is 20.4 Å². The number of nitrogens with zero attached hydrogens (tertiary/aromatic N) is 10. The molecule has 2 aliphatic heterocycles. The van der Waals surface area contributed by atoms with E-state index in [4.69, 9.17) is 9.47 Å². The fourth-order valence-corrected chi connectivity index (χ4v) is 7.05. The second kappa shape index (κ2) is 16.2. The van der Waals surface area contributed by atoms with Crippen molar-refractivity contribution in [2.45, 2.75) is 87.7 Å². The van der Waals surface area contributed by atoms with Crippen LogP contribution >= 0.6 is 11.8 Å². The van der Waals surface area contributed by atoms with Crippen LogP contribution in [0.3, 0.4) is 0 Å². The molecule has 0 aromatic carbocycles.